The molecule has 9 heteroatoms. The lowest BCUT2D eigenvalue weighted by atomic mass is 9.88. The van der Waals surface area contributed by atoms with Gasteiger partial charge in [-0.3, -0.25) is 10.1 Å². The number of furan rings is 1. The smallest absolute Gasteiger partial charge is 0.422 e. The van der Waals surface area contributed by atoms with E-state index >= 15 is 0 Å². The Kier molecular flexibility index (Phi) is 3.67. The van der Waals surface area contributed by atoms with Crippen molar-refractivity contribution in [1.29, 1.82) is 5.26 Å². The number of ether oxygens (including phenoxy) is 1. The van der Waals surface area contributed by atoms with Crippen molar-refractivity contribution in [2.45, 2.75) is 12.8 Å². The molecule has 0 spiro atoms. The number of aryl methyl sites for hydroxylation is 1. The van der Waals surface area contributed by atoms with Crippen molar-refractivity contribution in [3.05, 3.63) is 81.1 Å². The quantitative estimate of drug-likeness (QED) is 0.558. The summed E-state index contributed by atoms with van der Waals surface area (Å²) in [6.45, 7) is 1.77. The van der Waals surface area contributed by atoms with Crippen LogP contribution in [0, 0.1) is 28.4 Å². The number of nitrogens with two attached hydrogens (primary N) is 1. The average Bonchev–Trinajstić information content (AvgIpc) is 3.27. The maximum atomic E-state index is 11.0. The van der Waals surface area contributed by atoms with E-state index in [-0.39, 0.29) is 17.2 Å². The van der Waals surface area contributed by atoms with Crippen molar-refractivity contribution in [1.82, 2.24) is 9.78 Å². The highest BCUT2D eigenvalue weighted by atomic mass is 16.6. The van der Waals surface area contributed by atoms with Gasteiger partial charge in [-0.1, -0.05) is 18.2 Å². The van der Waals surface area contributed by atoms with E-state index in [1.54, 1.807) is 11.6 Å². The molecule has 0 aliphatic carbocycles. The SMILES string of the molecule is Cc1nn(-c2ccccc2)c2c1[C@H](c1ccc([N+](=O)[O-])o1)C(C#N)=C(N)O2. The van der Waals surface area contributed by atoms with Crippen molar-refractivity contribution >= 4 is 5.88 Å². The number of fused-ring (bicyclic) bond motifs is 1. The molecule has 2 aromatic heterocycles. The van der Waals surface area contributed by atoms with Crippen LogP contribution in [0.15, 0.2) is 58.3 Å². The van der Waals surface area contributed by atoms with Gasteiger partial charge in [-0.15, -0.1) is 0 Å². The minimum absolute atomic E-state index is 0.0915. The lowest BCUT2D eigenvalue weighted by Crippen LogP contribution is -2.21. The minimum atomic E-state index is -0.745. The number of allylic oxidation sites excluding steroid dienone is 1. The molecule has 0 bridgehead atoms. The molecule has 9 nitrogen and oxygen atoms in total. The second-order valence-electron chi connectivity index (χ2n) is 5.91. The van der Waals surface area contributed by atoms with Gasteiger partial charge in [0.05, 0.1) is 28.9 Å². The lowest BCUT2D eigenvalue weighted by Gasteiger charge is -2.22. The normalized spacial score (nSPS) is 15.8. The van der Waals surface area contributed by atoms with Crippen molar-refractivity contribution < 1.29 is 14.1 Å². The van der Waals surface area contributed by atoms with Crippen molar-refractivity contribution in [3.8, 4) is 17.6 Å². The Morgan fingerprint density at radius 3 is 2.67 bits per heavy atom. The summed E-state index contributed by atoms with van der Waals surface area (Å²) in [5.41, 5.74) is 8.01. The van der Waals surface area contributed by atoms with Crippen LogP contribution < -0.4 is 10.5 Å². The standard InChI is InChI=1S/C18H13N5O4/c1-10-15-16(13-7-8-14(26-13)23(24)25)12(9-19)17(20)27-18(15)22(21-10)11-5-3-2-4-6-11/h2-8,16H,20H2,1H3/t16-/m0/s1. The van der Waals surface area contributed by atoms with Crippen LogP contribution in [0.4, 0.5) is 5.88 Å². The summed E-state index contributed by atoms with van der Waals surface area (Å²) in [5, 5.41) is 25.1. The van der Waals surface area contributed by atoms with E-state index in [0.29, 0.717) is 17.1 Å². The van der Waals surface area contributed by atoms with E-state index in [1.807, 2.05) is 36.4 Å². The summed E-state index contributed by atoms with van der Waals surface area (Å²) in [6.07, 6.45) is 0. The number of hydrogen-bond donors (Lipinski definition) is 1. The van der Waals surface area contributed by atoms with Gasteiger partial charge in [0, 0.05) is 0 Å². The van der Waals surface area contributed by atoms with Crippen molar-refractivity contribution in [3.63, 3.8) is 0 Å². The molecule has 0 unspecified atom stereocenters. The first-order valence-electron chi connectivity index (χ1n) is 7.98. The highest BCUT2D eigenvalue weighted by molar-refractivity contribution is 5.56. The summed E-state index contributed by atoms with van der Waals surface area (Å²) in [5.74, 6) is -0.682. The number of aromatic nitrogens is 2. The molecule has 4 rings (SSSR count). The maximum Gasteiger partial charge on any atom is 0.433 e. The second kappa shape index (κ2) is 6.03. The summed E-state index contributed by atoms with van der Waals surface area (Å²) in [6, 6.07) is 14.0. The molecule has 3 aromatic rings. The van der Waals surface area contributed by atoms with Crippen LogP contribution in [-0.4, -0.2) is 14.7 Å². The lowest BCUT2D eigenvalue weighted by molar-refractivity contribution is -0.402. The third kappa shape index (κ3) is 2.51. The Morgan fingerprint density at radius 1 is 1.30 bits per heavy atom. The van der Waals surface area contributed by atoms with E-state index in [4.69, 9.17) is 14.9 Å². The third-order valence-electron chi connectivity index (χ3n) is 4.31. The largest absolute Gasteiger partial charge is 0.433 e. The number of hydrogen-bond acceptors (Lipinski definition) is 7. The van der Waals surface area contributed by atoms with Crippen molar-refractivity contribution in [2.24, 2.45) is 5.73 Å². The fraction of sp³-hybridized carbons (Fsp3) is 0.111. The fourth-order valence-electron chi connectivity index (χ4n) is 3.14. The monoisotopic (exact) mass is 363 g/mol. The highest BCUT2D eigenvalue weighted by Crippen LogP contribution is 2.45. The molecule has 1 atom stereocenters. The molecule has 0 amide bonds. The Labute approximate surface area is 153 Å². The van der Waals surface area contributed by atoms with E-state index in [0.717, 1.165) is 5.69 Å². The topological polar surface area (TPSA) is 133 Å². The summed E-state index contributed by atoms with van der Waals surface area (Å²) < 4.78 is 12.6. The molecule has 1 aliphatic rings. The zero-order valence-corrected chi connectivity index (χ0v) is 14.1. The molecule has 134 valence electrons. The first kappa shape index (κ1) is 16.4. The minimum Gasteiger partial charge on any atom is -0.422 e. The number of rotatable bonds is 3. The molecule has 2 N–H and O–H groups in total. The Balaban J connectivity index is 1.94. The van der Waals surface area contributed by atoms with Crippen LogP contribution in [-0.2, 0) is 0 Å². The Bertz CT molecular complexity index is 1120. The summed E-state index contributed by atoms with van der Waals surface area (Å²) >= 11 is 0. The number of para-hydroxylation sites is 1. The fourth-order valence-corrected chi connectivity index (χ4v) is 3.14. The first-order chi connectivity index (χ1) is 13.0. The number of nitro groups is 1. The van der Waals surface area contributed by atoms with Gasteiger partial charge >= 0.3 is 5.88 Å². The molecule has 3 heterocycles. The predicted octanol–water partition coefficient (Wildman–Crippen LogP) is 2.90. The molecular weight excluding hydrogens is 350 g/mol. The number of nitriles is 1. The van der Waals surface area contributed by atoms with E-state index < -0.39 is 16.7 Å². The van der Waals surface area contributed by atoms with Gasteiger partial charge < -0.3 is 14.9 Å². The zero-order valence-electron chi connectivity index (χ0n) is 14.1. The maximum absolute atomic E-state index is 11.0. The highest BCUT2D eigenvalue weighted by Gasteiger charge is 2.38. The molecule has 1 aromatic carbocycles. The summed E-state index contributed by atoms with van der Waals surface area (Å²) in [7, 11) is 0. The van der Waals surface area contributed by atoms with Gasteiger partial charge in [-0.25, -0.2) is 4.68 Å². The zero-order chi connectivity index (χ0) is 19.1. The molecule has 0 saturated carbocycles. The van der Waals surface area contributed by atoms with Crippen LogP contribution in [0.25, 0.3) is 5.69 Å². The average molecular weight is 363 g/mol. The van der Waals surface area contributed by atoms with Crippen LogP contribution in [0.2, 0.25) is 0 Å². The molecule has 0 radical (unpaired) electrons. The van der Waals surface area contributed by atoms with Gasteiger partial charge in [-0.05, 0) is 25.1 Å². The number of benzene rings is 1. The molecule has 0 saturated heterocycles. The van der Waals surface area contributed by atoms with Gasteiger partial charge in [0.25, 0.3) is 0 Å². The molecule has 0 fully saturated rings. The second-order valence-corrected chi connectivity index (χ2v) is 5.91. The van der Waals surface area contributed by atoms with Crippen LogP contribution in [0.1, 0.15) is 22.9 Å². The first-order valence-corrected chi connectivity index (χ1v) is 7.98. The van der Waals surface area contributed by atoms with E-state index in [9.17, 15) is 15.4 Å². The van der Waals surface area contributed by atoms with Crippen molar-refractivity contribution in [2.75, 3.05) is 0 Å². The van der Waals surface area contributed by atoms with Crippen LogP contribution >= 0.6 is 0 Å². The van der Waals surface area contributed by atoms with Gasteiger partial charge in [0.15, 0.2) is 0 Å². The molecule has 27 heavy (non-hydrogen) atoms. The van der Waals surface area contributed by atoms with E-state index in [1.165, 1.54) is 12.1 Å². The Morgan fingerprint density at radius 2 is 2.04 bits per heavy atom. The molecule has 1 aliphatic heterocycles. The van der Waals surface area contributed by atoms with Gasteiger partial charge in [0.2, 0.25) is 11.8 Å². The van der Waals surface area contributed by atoms with Crippen LogP contribution in [0.5, 0.6) is 5.88 Å². The van der Waals surface area contributed by atoms with Gasteiger partial charge in [-0.2, -0.15) is 10.4 Å². The van der Waals surface area contributed by atoms with E-state index in [2.05, 4.69) is 5.10 Å². The van der Waals surface area contributed by atoms with Gasteiger partial charge in [0.1, 0.15) is 22.3 Å². The van der Waals surface area contributed by atoms with Crippen LogP contribution in [0.3, 0.4) is 0 Å². The third-order valence-corrected chi connectivity index (χ3v) is 4.31. The molecular formula is C18H13N5O4. The predicted molar refractivity (Wildman–Crippen MR) is 93.0 cm³/mol. The summed E-state index contributed by atoms with van der Waals surface area (Å²) in [4.78, 5) is 10.3. The Hall–Kier alpha value is -4.06. The number of nitrogens with zero attached hydrogens (tertiary/aromatic N) is 4.